The van der Waals surface area contributed by atoms with Crippen LogP contribution in [0.3, 0.4) is 0 Å². The van der Waals surface area contributed by atoms with Crippen LogP contribution in [0.4, 0.5) is 0 Å². The standard InChI is InChI=1S/C20H19N5O3S/c1-3-27-18-7-5-4-6-17(18)25-20(22-23-24-25)29-13-15-12-28-19(21-15)14-8-10-16(26-2)11-9-14/h4-12H,3,13H2,1-2H3. The van der Waals surface area contributed by atoms with Gasteiger partial charge in [-0.25, -0.2) is 4.98 Å². The molecule has 0 amide bonds. The van der Waals surface area contributed by atoms with Crippen molar-refractivity contribution in [2.75, 3.05) is 13.7 Å². The Morgan fingerprint density at radius 3 is 2.72 bits per heavy atom. The topological polar surface area (TPSA) is 88.1 Å². The summed E-state index contributed by atoms with van der Waals surface area (Å²) in [6.45, 7) is 2.51. The molecule has 0 saturated heterocycles. The molecule has 4 aromatic rings. The van der Waals surface area contributed by atoms with Gasteiger partial charge in [-0.05, 0) is 53.7 Å². The van der Waals surface area contributed by atoms with Crippen LogP contribution in [0.2, 0.25) is 0 Å². The molecule has 0 saturated carbocycles. The van der Waals surface area contributed by atoms with Crippen LogP contribution >= 0.6 is 11.8 Å². The van der Waals surface area contributed by atoms with Gasteiger partial charge in [0.15, 0.2) is 0 Å². The van der Waals surface area contributed by atoms with Crippen molar-refractivity contribution in [3.63, 3.8) is 0 Å². The molecule has 0 atom stereocenters. The van der Waals surface area contributed by atoms with E-state index in [2.05, 4.69) is 20.5 Å². The maximum absolute atomic E-state index is 5.69. The lowest BCUT2D eigenvalue weighted by atomic mass is 10.2. The number of ether oxygens (including phenoxy) is 2. The van der Waals surface area contributed by atoms with Crippen LogP contribution in [0, 0.1) is 0 Å². The number of thioether (sulfide) groups is 1. The Hall–Kier alpha value is -3.33. The van der Waals surface area contributed by atoms with Gasteiger partial charge in [0, 0.05) is 11.3 Å². The third-order valence-electron chi connectivity index (χ3n) is 4.07. The highest BCUT2D eigenvalue weighted by Crippen LogP contribution is 2.28. The zero-order valence-corrected chi connectivity index (χ0v) is 16.8. The number of benzene rings is 2. The maximum Gasteiger partial charge on any atom is 0.226 e. The van der Waals surface area contributed by atoms with Gasteiger partial charge in [0.2, 0.25) is 11.0 Å². The zero-order chi connectivity index (χ0) is 20.1. The number of nitrogens with zero attached hydrogens (tertiary/aromatic N) is 5. The van der Waals surface area contributed by atoms with Gasteiger partial charge in [0.25, 0.3) is 0 Å². The molecule has 0 aliphatic rings. The smallest absolute Gasteiger partial charge is 0.226 e. The summed E-state index contributed by atoms with van der Waals surface area (Å²) < 4.78 is 18.1. The highest BCUT2D eigenvalue weighted by atomic mass is 32.2. The molecule has 0 unspecified atom stereocenters. The van der Waals surface area contributed by atoms with Crippen LogP contribution in [0.25, 0.3) is 17.1 Å². The van der Waals surface area contributed by atoms with Gasteiger partial charge < -0.3 is 13.9 Å². The van der Waals surface area contributed by atoms with Crippen LogP contribution in [0.5, 0.6) is 11.5 Å². The summed E-state index contributed by atoms with van der Waals surface area (Å²) >= 11 is 1.47. The minimum Gasteiger partial charge on any atom is -0.497 e. The van der Waals surface area contributed by atoms with Crippen molar-refractivity contribution in [2.24, 2.45) is 0 Å². The number of rotatable bonds is 8. The summed E-state index contributed by atoms with van der Waals surface area (Å²) in [5.41, 5.74) is 2.48. The van der Waals surface area contributed by atoms with E-state index >= 15 is 0 Å². The van der Waals surface area contributed by atoms with Crippen molar-refractivity contribution < 1.29 is 13.9 Å². The molecule has 2 aromatic heterocycles. The normalized spacial score (nSPS) is 10.8. The molecule has 148 valence electrons. The summed E-state index contributed by atoms with van der Waals surface area (Å²) in [6.07, 6.45) is 1.65. The Labute approximate surface area is 171 Å². The van der Waals surface area contributed by atoms with Gasteiger partial charge in [-0.2, -0.15) is 4.68 Å². The van der Waals surface area contributed by atoms with E-state index in [0.717, 1.165) is 28.4 Å². The molecule has 2 heterocycles. The van der Waals surface area contributed by atoms with Gasteiger partial charge in [0.05, 0.1) is 19.4 Å². The second-order valence-corrected chi connectivity index (χ2v) is 6.88. The number of para-hydroxylation sites is 2. The highest BCUT2D eigenvalue weighted by Gasteiger charge is 2.15. The predicted octanol–water partition coefficient (Wildman–Crippen LogP) is 4.02. The molecule has 8 nitrogen and oxygen atoms in total. The summed E-state index contributed by atoms with van der Waals surface area (Å²) in [7, 11) is 1.63. The average molecular weight is 409 g/mol. The first-order valence-electron chi connectivity index (χ1n) is 9.00. The quantitative estimate of drug-likeness (QED) is 0.403. The molecule has 0 N–H and O–H groups in total. The fraction of sp³-hybridized carbons (Fsp3) is 0.200. The average Bonchev–Trinajstić information content (AvgIpc) is 3.42. The van der Waals surface area contributed by atoms with Gasteiger partial charge in [-0.15, -0.1) is 5.10 Å². The molecular formula is C20H19N5O3S. The van der Waals surface area contributed by atoms with Gasteiger partial charge >= 0.3 is 0 Å². The lowest BCUT2D eigenvalue weighted by Crippen LogP contribution is -2.03. The van der Waals surface area contributed by atoms with E-state index in [0.29, 0.717) is 23.4 Å². The van der Waals surface area contributed by atoms with Gasteiger partial charge in [-0.1, -0.05) is 23.9 Å². The van der Waals surface area contributed by atoms with Crippen LogP contribution in [-0.4, -0.2) is 38.9 Å². The van der Waals surface area contributed by atoms with Crippen LogP contribution in [0.15, 0.2) is 64.4 Å². The van der Waals surface area contributed by atoms with Crippen molar-refractivity contribution in [1.29, 1.82) is 0 Å². The highest BCUT2D eigenvalue weighted by molar-refractivity contribution is 7.98. The Bertz CT molecular complexity index is 1080. The second kappa shape index (κ2) is 8.78. The summed E-state index contributed by atoms with van der Waals surface area (Å²) in [5, 5.41) is 12.7. The summed E-state index contributed by atoms with van der Waals surface area (Å²) in [5.74, 6) is 2.64. The number of hydrogen-bond acceptors (Lipinski definition) is 8. The minimum atomic E-state index is 0.560. The third-order valence-corrected chi connectivity index (χ3v) is 5.02. The molecule has 4 rings (SSSR count). The SMILES string of the molecule is CCOc1ccccc1-n1nnnc1SCc1coc(-c2ccc(OC)cc2)n1. The Balaban J connectivity index is 1.49. The van der Waals surface area contributed by atoms with Crippen molar-refractivity contribution in [3.8, 4) is 28.6 Å². The number of aromatic nitrogens is 5. The van der Waals surface area contributed by atoms with Crippen LogP contribution in [-0.2, 0) is 5.75 Å². The fourth-order valence-electron chi connectivity index (χ4n) is 2.71. The van der Waals surface area contributed by atoms with E-state index < -0.39 is 0 Å². The Kier molecular flexibility index (Phi) is 5.76. The number of hydrogen-bond donors (Lipinski definition) is 0. The Morgan fingerprint density at radius 1 is 1.10 bits per heavy atom. The number of methoxy groups -OCH3 is 1. The monoisotopic (exact) mass is 409 g/mol. The maximum atomic E-state index is 5.69. The molecule has 0 bridgehead atoms. The summed E-state index contributed by atoms with van der Waals surface area (Å²) in [6, 6.07) is 15.2. The molecule has 9 heteroatoms. The molecule has 0 aliphatic carbocycles. The molecular weight excluding hydrogens is 390 g/mol. The van der Waals surface area contributed by atoms with Crippen molar-refractivity contribution >= 4 is 11.8 Å². The first-order chi connectivity index (χ1) is 14.3. The predicted molar refractivity (Wildman–Crippen MR) is 108 cm³/mol. The third kappa shape index (κ3) is 4.24. The zero-order valence-electron chi connectivity index (χ0n) is 16.0. The van der Waals surface area contributed by atoms with E-state index in [1.807, 2.05) is 55.5 Å². The summed E-state index contributed by atoms with van der Waals surface area (Å²) in [4.78, 5) is 4.55. The van der Waals surface area contributed by atoms with Crippen molar-refractivity contribution in [1.82, 2.24) is 25.2 Å². The number of oxazole rings is 1. The lowest BCUT2D eigenvalue weighted by Gasteiger charge is -2.10. The first-order valence-corrected chi connectivity index (χ1v) is 9.99. The fourth-order valence-corrected chi connectivity index (χ4v) is 3.47. The molecule has 0 radical (unpaired) electrons. The van der Waals surface area contributed by atoms with Crippen molar-refractivity contribution in [2.45, 2.75) is 17.8 Å². The molecule has 0 fully saturated rings. The Morgan fingerprint density at radius 2 is 1.93 bits per heavy atom. The van der Waals surface area contributed by atoms with Crippen LogP contribution in [0.1, 0.15) is 12.6 Å². The largest absolute Gasteiger partial charge is 0.497 e. The number of tetrazole rings is 1. The van der Waals surface area contributed by atoms with E-state index in [1.165, 1.54) is 11.8 Å². The molecule has 2 aromatic carbocycles. The minimum absolute atomic E-state index is 0.560. The van der Waals surface area contributed by atoms with Gasteiger partial charge in [-0.3, -0.25) is 0 Å². The van der Waals surface area contributed by atoms with E-state index in [1.54, 1.807) is 18.1 Å². The van der Waals surface area contributed by atoms with Crippen molar-refractivity contribution in [3.05, 3.63) is 60.5 Å². The first kappa shape index (κ1) is 19.0. The molecule has 0 aliphatic heterocycles. The van der Waals surface area contributed by atoms with E-state index in [9.17, 15) is 0 Å². The lowest BCUT2D eigenvalue weighted by molar-refractivity contribution is 0.337. The van der Waals surface area contributed by atoms with Gasteiger partial charge in [0.1, 0.15) is 23.4 Å². The molecule has 0 spiro atoms. The van der Waals surface area contributed by atoms with E-state index in [4.69, 9.17) is 13.9 Å². The van der Waals surface area contributed by atoms with Crippen LogP contribution < -0.4 is 9.47 Å². The molecule has 29 heavy (non-hydrogen) atoms. The van der Waals surface area contributed by atoms with E-state index in [-0.39, 0.29) is 0 Å². The second-order valence-electron chi connectivity index (χ2n) is 5.94.